The minimum atomic E-state index is -1.64. The van der Waals surface area contributed by atoms with E-state index in [1.165, 1.54) is 0 Å². The molecule has 0 aliphatic rings. The van der Waals surface area contributed by atoms with Crippen molar-refractivity contribution in [1.82, 2.24) is 10.6 Å². The van der Waals surface area contributed by atoms with Crippen molar-refractivity contribution < 1.29 is 22.7 Å². The average Bonchev–Trinajstić information content (AvgIpc) is 2.53. The number of carbonyl (C=O) groups is 1. The van der Waals surface area contributed by atoms with Crippen LogP contribution < -0.4 is 16.0 Å². The van der Waals surface area contributed by atoms with E-state index >= 15 is 0 Å². The number of hydrogen-bond acceptors (Lipinski definition) is 3. The van der Waals surface area contributed by atoms with Gasteiger partial charge in [0.15, 0.2) is 23.4 Å². The number of ether oxygens (including phenoxy) is 1. The number of guanidine groups is 1. The van der Waals surface area contributed by atoms with Crippen LogP contribution in [-0.4, -0.2) is 44.7 Å². The van der Waals surface area contributed by atoms with E-state index < -0.39 is 29.0 Å². The van der Waals surface area contributed by atoms with E-state index in [4.69, 9.17) is 4.74 Å². The molecule has 1 aromatic carbocycles. The Morgan fingerprint density at radius 1 is 1.28 bits per heavy atom. The molecule has 0 bridgehead atoms. The van der Waals surface area contributed by atoms with Crippen molar-refractivity contribution in [3.8, 4) is 0 Å². The SMILES string of the molecule is CCNC(=NCC(=O)Nc1ccc(F)c(F)c1F)NC(C)COC.I. The van der Waals surface area contributed by atoms with Gasteiger partial charge in [-0.25, -0.2) is 18.2 Å². The predicted molar refractivity (Wildman–Crippen MR) is 101 cm³/mol. The minimum absolute atomic E-state index is 0. The first kappa shape index (κ1) is 23.4. The van der Waals surface area contributed by atoms with Gasteiger partial charge in [-0.3, -0.25) is 4.79 Å². The molecule has 0 radical (unpaired) electrons. The number of benzene rings is 1. The second kappa shape index (κ2) is 11.9. The van der Waals surface area contributed by atoms with Gasteiger partial charge in [-0.2, -0.15) is 0 Å². The van der Waals surface area contributed by atoms with Crippen LogP contribution in [0.3, 0.4) is 0 Å². The summed E-state index contributed by atoms with van der Waals surface area (Å²) in [7, 11) is 1.56. The second-order valence-corrected chi connectivity index (χ2v) is 4.97. The third-order valence-electron chi connectivity index (χ3n) is 2.83. The summed E-state index contributed by atoms with van der Waals surface area (Å²) in [5, 5.41) is 8.10. The van der Waals surface area contributed by atoms with E-state index in [1.54, 1.807) is 7.11 Å². The first-order valence-electron chi connectivity index (χ1n) is 7.36. The lowest BCUT2D eigenvalue weighted by molar-refractivity contribution is -0.114. The highest BCUT2D eigenvalue weighted by Gasteiger charge is 2.15. The van der Waals surface area contributed by atoms with Crippen molar-refractivity contribution in [3.63, 3.8) is 0 Å². The molecule has 6 nitrogen and oxygen atoms in total. The molecular formula is C15H22F3IN4O2. The molecule has 25 heavy (non-hydrogen) atoms. The molecular weight excluding hydrogens is 452 g/mol. The number of nitrogens with zero attached hydrogens (tertiary/aromatic N) is 1. The zero-order valence-electron chi connectivity index (χ0n) is 14.2. The minimum Gasteiger partial charge on any atom is -0.383 e. The van der Waals surface area contributed by atoms with Gasteiger partial charge in [0.1, 0.15) is 6.54 Å². The Morgan fingerprint density at radius 2 is 1.96 bits per heavy atom. The Bertz CT molecular complexity index is 602. The highest BCUT2D eigenvalue weighted by molar-refractivity contribution is 14.0. The number of anilines is 1. The van der Waals surface area contributed by atoms with Gasteiger partial charge in [-0.05, 0) is 26.0 Å². The fourth-order valence-electron chi connectivity index (χ4n) is 1.81. The molecule has 3 N–H and O–H groups in total. The molecule has 10 heteroatoms. The van der Waals surface area contributed by atoms with Crippen molar-refractivity contribution in [2.75, 3.05) is 32.1 Å². The molecule has 0 aromatic heterocycles. The zero-order valence-corrected chi connectivity index (χ0v) is 16.5. The molecule has 1 aromatic rings. The molecule has 1 atom stereocenters. The standard InChI is InChI=1S/C15H21F3N4O2.HI/c1-4-19-15(21-9(2)8-24-3)20-7-12(23)22-11-6-5-10(16)13(17)14(11)18;/h5-6,9H,4,7-8H2,1-3H3,(H,22,23)(H2,19,20,21);1H. The lowest BCUT2D eigenvalue weighted by Crippen LogP contribution is -2.44. The van der Waals surface area contributed by atoms with Crippen LogP contribution in [0.1, 0.15) is 13.8 Å². The first-order valence-corrected chi connectivity index (χ1v) is 7.36. The molecule has 0 saturated carbocycles. The van der Waals surface area contributed by atoms with E-state index in [0.29, 0.717) is 19.1 Å². The second-order valence-electron chi connectivity index (χ2n) is 4.97. The largest absolute Gasteiger partial charge is 0.383 e. The highest BCUT2D eigenvalue weighted by atomic mass is 127. The Morgan fingerprint density at radius 3 is 2.56 bits per heavy atom. The van der Waals surface area contributed by atoms with Gasteiger partial charge in [-0.15, -0.1) is 24.0 Å². The van der Waals surface area contributed by atoms with Crippen molar-refractivity contribution >= 4 is 41.5 Å². The summed E-state index contributed by atoms with van der Waals surface area (Å²) in [6.45, 7) is 4.41. The Balaban J connectivity index is 0.00000576. The first-order chi connectivity index (χ1) is 11.4. The maximum Gasteiger partial charge on any atom is 0.246 e. The number of methoxy groups -OCH3 is 1. The van der Waals surface area contributed by atoms with Crippen LogP contribution in [-0.2, 0) is 9.53 Å². The van der Waals surface area contributed by atoms with E-state index in [1.807, 2.05) is 13.8 Å². The molecule has 1 amide bonds. The summed E-state index contributed by atoms with van der Waals surface area (Å²) in [6.07, 6.45) is 0. The van der Waals surface area contributed by atoms with Gasteiger partial charge in [0.2, 0.25) is 5.91 Å². The van der Waals surface area contributed by atoms with Gasteiger partial charge in [0.05, 0.1) is 12.3 Å². The third-order valence-corrected chi connectivity index (χ3v) is 2.83. The van der Waals surface area contributed by atoms with Crippen molar-refractivity contribution in [1.29, 1.82) is 0 Å². The highest BCUT2D eigenvalue weighted by Crippen LogP contribution is 2.19. The van der Waals surface area contributed by atoms with Crippen LogP contribution in [0.15, 0.2) is 17.1 Å². The van der Waals surface area contributed by atoms with E-state index in [2.05, 4.69) is 20.9 Å². The maximum absolute atomic E-state index is 13.5. The van der Waals surface area contributed by atoms with Crippen LogP contribution in [0.2, 0.25) is 0 Å². The number of aliphatic imine (C=N–C) groups is 1. The summed E-state index contributed by atoms with van der Waals surface area (Å²) in [6, 6.07) is 1.63. The van der Waals surface area contributed by atoms with E-state index in [9.17, 15) is 18.0 Å². The monoisotopic (exact) mass is 474 g/mol. The lowest BCUT2D eigenvalue weighted by atomic mass is 10.3. The van der Waals surface area contributed by atoms with Crippen LogP contribution in [0.5, 0.6) is 0 Å². The Labute approximate surface area is 161 Å². The summed E-state index contributed by atoms with van der Waals surface area (Å²) >= 11 is 0. The molecule has 0 spiro atoms. The summed E-state index contributed by atoms with van der Waals surface area (Å²) < 4.78 is 44.4. The van der Waals surface area contributed by atoms with E-state index in [0.717, 1.165) is 12.1 Å². The zero-order chi connectivity index (χ0) is 18.1. The molecule has 0 aliphatic carbocycles. The van der Waals surface area contributed by atoms with Crippen molar-refractivity contribution in [3.05, 3.63) is 29.6 Å². The molecule has 0 heterocycles. The van der Waals surface area contributed by atoms with Crippen LogP contribution in [0.25, 0.3) is 0 Å². The molecule has 0 fully saturated rings. The molecule has 0 aliphatic heterocycles. The summed E-state index contributed by atoms with van der Waals surface area (Å²) in [4.78, 5) is 15.8. The number of nitrogens with one attached hydrogen (secondary N) is 3. The smallest absolute Gasteiger partial charge is 0.246 e. The average molecular weight is 474 g/mol. The van der Waals surface area contributed by atoms with Crippen LogP contribution in [0, 0.1) is 17.5 Å². The maximum atomic E-state index is 13.5. The number of hydrogen-bond donors (Lipinski definition) is 3. The summed E-state index contributed by atoms with van der Waals surface area (Å²) in [5.41, 5.74) is -0.445. The fourth-order valence-corrected chi connectivity index (χ4v) is 1.81. The summed E-state index contributed by atoms with van der Waals surface area (Å²) in [5.74, 6) is -4.71. The van der Waals surface area contributed by atoms with Gasteiger partial charge in [0, 0.05) is 19.7 Å². The molecule has 0 saturated heterocycles. The van der Waals surface area contributed by atoms with Gasteiger partial charge in [0.25, 0.3) is 0 Å². The van der Waals surface area contributed by atoms with Crippen molar-refractivity contribution in [2.45, 2.75) is 19.9 Å². The normalized spacial score (nSPS) is 12.2. The number of rotatable bonds is 7. The number of carbonyl (C=O) groups excluding carboxylic acids is 1. The lowest BCUT2D eigenvalue weighted by Gasteiger charge is -2.16. The van der Waals surface area contributed by atoms with Crippen LogP contribution >= 0.6 is 24.0 Å². The van der Waals surface area contributed by atoms with Gasteiger partial charge < -0.3 is 20.7 Å². The third kappa shape index (κ3) is 7.90. The van der Waals surface area contributed by atoms with Crippen molar-refractivity contribution in [2.24, 2.45) is 4.99 Å². The quantitative estimate of drug-likeness (QED) is 0.246. The molecule has 1 unspecified atom stereocenters. The van der Waals surface area contributed by atoms with Crippen LogP contribution in [0.4, 0.5) is 18.9 Å². The molecule has 1 rings (SSSR count). The topological polar surface area (TPSA) is 74.8 Å². The Hall–Kier alpha value is -1.56. The fraction of sp³-hybridized carbons (Fsp3) is 0.467. The predicted octanol–water partition coefficient (Wildman–Crippen LogP) is 2.25. The number of halogens is 4. The van der Waals surface area contributed by atoms with Gasteiger partial charge in [-0.1, -0.05) is 0 Å². The van der Waals surface area contributed by atoms with E-state index in [-0.39, 0.29) is 36.6 Å². The van der Waals surface area contributed by atoms with Gasteiger partial charge >= 0.3 is 0 Å². The Kier molecular flexibility index (Phi) is 11.2. The molecule has 142 valence electrons. The number of amides is 1.